The summed E-state index contributed by atoms with van der Waals surface area (Å²) >= 11 is 7.47. The van der Waals surface area contributed by atoms with Gasteiger partial charge in [-0.05, 0) is 85.2 Å². The molecule has 0 amide bonds. The number of benzene rings is 2. The number of thiocarbonyl (C=S) groups is 1. The summed E-state index contributed by atoms with van der Waals surface area (Å²) in [5.74, 6) is 0. The molecule has 9 heteroatoms. The maximum absolute atomic E-state index is 11.0. The third-order valence-corrected chi connectivity index (χ3v) is 8.90. The quantitative estimate of drug-likeness (QED) is 0.143. The van der Waals surface area contributed by atoms with Gasteiger partial charge in [-0.15, -0.1) is 0 Å². The second kappa shape index (κ2) is 11.2. The van der Waals surface area contributed by atoms with Crippen molar-refractivity contribution in [3.8, 4) is 0 Å². The average Bonchev–Trinajstić information content (AvgIpc) is 3.59. The first-order chi connectivity index (χ1) is 19.1. The van der Waals surface area contributed by atoms with Gasteiger partial charge in [0.2, 0.25) is 0 Å². The van der Waals surface area contributed by atoms with Crippen molar-refractivity contribution >= 4 is 40.5 Å². The van der Waals surface area contributed by atoms with Gasteiger partial charge in [0.1, 0.15) is 0 Å². The highest BCUT2D eigenvalue weighted by Crippen LogP contribution is 2.43. The number of aromatic nitrogens is 2. The maximum Gasteiger partial charge on any atom is 0.269 e. The van der Waals surface area contributed by atoms with Crippen LogP contribution in [0.4, 0.5) is 11.4 Å². The molecule has 3 heterocycles. The van der Waals surface area contributed by atoms with Gasteiger partial charge < -0.3 is 14.8 Å². The van der Waals surface area contributed by atoms with Crippen molar-refractivity contribution in [2.75, 3.05) is 4.90 Å². The number of nitro benzene ring substituents is 1. The SMILES string of the molecule is O=[N+]([O-])c1ccc(Sc2ccc(N3C(=S)N[C@@H](c4ccccn4)[C@@H]3c3ccn(C4CCCCC4)c3)cc2)cc1. The smallest absolute Gasteiger partial charge is 0.269 e. The van der Waals surface area contributed by atoms with E-state index in [1.54, 1.807) is 23.9 Å². The van der Waals surface area contributed by atoms with E-state index >= 15 is 0 Å². The summed E-state index contributed by atoms with van der Waals surface area (Å²) in [5.41, 5.74) is 3.28. The second-order valence-corrected chi connectivity index (χ2v) is 11.6. The van der Waals surface area contributed by atoms with Gasteiger partial charge in [-0.3, -0.25) is 15.1 Å². The largest absolute Gasteiger partial charge is 0.351 e. The van der Waals surface area contributed by atoms with Crippen LogP contribution in [0.3, 0.4) is 0 Å². The first-order valence-electron chi connectivity index (χ1n) is 13.3. The molecule has 2 atom stereocenters. The van der Waals surface area contributed by atoms with Crippen LogP contribution in [0.25, 0.3) is 0 Å². The van der Waals surface area contributed by atoms with Gasteiger partial charge in [-0.25, -0.2) is 0 Å². The van der Waals surface area contributed by atoms with Crippen LogP contribution in [-0.4, -0.2) is 19.6 Å². The van der Waals surface area contributed by atoms with Crippen LogP contribution in [-0.2, 0) is 0 Å². The topological polar surface area (TPSA) is 76.2 Å². The lowest BCUT2D eigenvalue weighted by Gasteiger charge is -2.28. The first-order valence-corrected chi connectivity index (χ1v) is 14.5. The molecule has 6 rings (SSSR count). The lowest BCUT2D eigenvalue weighted by molar-refractivity contribution is -0.384. The predicted octanol–water partition coefficient (Wildman–Crippen LogP) is 7.62. The van der Waals surface area contributed by atoms with Gasteiger partial charge in [-0.1, -0.05) is 37.1 Å². The molecular weight excluding hydrogens is 526 g/mol. The molecule has 0 bridgehead atoms. The fourth-order valence-electron chi connectivity index (χ4n) is 5.63. The normalized spacial score (nSPS) is 19.7. The van der Waals surface area contributed by atoms with Crippen molar-refractivity contribution in [3.63, 3.8) is 0 Å². The van der Waals surface area contributed by atoms with E-state index in [1.807, 2.05) is 18.3 Å². The molecule has 1 aliphatic carbocycles. The van der Waals surface area contributed by atoms with E-state index in [0.29, 0.717) is 11.2 Å². The Morgan fingerprint density at radius 2 is 1.67 bits per heavy atom. The molecule has 2 aromatic heterocycles. The molecule has 198 valence electrons. The Bertz CT molecular complexity index is 1450. The molecule has 1 saturated heterocycles. The molecule has 2 aromatic carbocycles. The Morgan fingerprint density at radius 1 is 0.949 bits per heavy atom. The predicted molar refractivity (Wildman–Crippen MR) is 158 cm³/mol. The van der Waals surface area contributed by atoms with Crippen LogP contribution < -0.4 is 10.2 Å². The molecule has 0 spiro atoms. The molecule has 39 heavy (non-hydrogen) atoms. The van der Waals surface area contributed by atoms with Gasteiger partial charge in [-0.2, -0.15) is 0 Å². The van der Waals surface area contributed by atoms with E-state index in [9.17, 15) is 10.1 Å². The van der Waals surface area contributed by atoms with Gasteiger partial charge in [0.25, 0.3) is 5.69 Å². The van der Waals surface area contributed by atoms with Crippen molar-refractivity contribution in [2.24, 2.45) is 0 Å². The van der Waals surface area contributed by atoms with Crippen molar-refractivity contribution in [2.45, 2.75) is 60.0 Å². The van der Waals surface area contributed by atoms with Crippen molar-refractivity contribution in [1.29, 1.82) is 0 Å². The van der Waals surface area contributed by atoms with Gasteiger partial charge >= 0.3 is 0 Å². The number of nitro groups is 1. The molecule has 4 aromatic rings. The number of hydrogen-bond donors (Lipinski definition) is 1. The molecule has 2 fully saturated rings. The third kappa shape index (κ3) is 5.42. The molecule has 1 aliphatic heterocycles. The zero-order valence-corrected chi connectivity index (χ0v) is 23.0. The molecule has 1 N–H and O–H groups in total. The van der Waals surface area contributed by atoms with E-state index < -0.39 is 0 Å². The lowest BCUT2D eigenvalue weighted by Crippen LogP contribution is -2.29. The summed E-state index contributed by atoms with van der Waals surface area (Å²) in [6, 6.07) is 23.6. The summed E-state index contributed by atoms with van der Waals surface area (Å²) < 4.78 is 2.40. The number of anilines is 1. The average molecular weight is 556 g/mol. The number of hydrogen-bond acceptors (Lipinski definition) is 5. The zero-order chi connectivity index (χ0) is 26.8. The third-order valence-electron chi connectivity index (χ3n) is 7.57. The number of nitrogens with zero attached hydrogens (tertiary/aromatic N) is 4. The highest BCUT2D eigenvalue weighted by molar-refractivity contribution is 7.99. The van der Waals surface area contributed by atoms with Crippen LogP contribution in [0, 0.1) is 10.1 Å². The van der Waals surface area contributed by atoms with Crippen LogP contribution in [0.1, 0.15) is 61.5 Å². The Hall–Kier alpha value is -3.69. The Morgan fingerprint density at radius 3 is 2.33 bits per heavy atom. The van der Waals surface area contributed by atoms with Crippen molar-refractivity contribution in [3.05, 3.63) is 113 Å². The number of pyridine rings is 1. The monoisotopic (exact) mass is 555 g/mol. The zero-order valence-electron chi connectivity index (χ0n) is 21.3. The fourth-order valence-corrected chi connectivity index (χ4v) is 6.79. The first kappa shape index (κ1) is 25.6. The van der Waals surface area contributed by atoms with Crippen LogP contribution in [0.5, 0.6) is 0 Å². The molecule has 0 unspecified atom stereocenters. The van der Waals surface area contributed by atoms with Crippen molar-refractivity contribution in [1.82, 2.24) is 14.9 Å². The summed E-state index contributed by atoms with van der Waals surface area (Å²) in [4.78, 5) is 19.5. The molecular formula is C30H29N5O2S2. The molecule has 1 saturated carbocycles. The van der Waals surface area contributed by atoms with Crippen LogP contribution >= 0.6 is 24.0 Å². The number of non-ortho nitro benzene ring substituents is 1. The second-order valence-electron chi connectivity index (χ2n) is 10.0. The summed E-state index contributed by atoms with van der Waals surface area (Å²) in [7, 11) is 0. The Labute approximate surface area is 237 Å². The Kier molecular flexibility index (Phi) is 7.34. The number of rotatable bonds is 7. The minimum absolute atomic E-state index is 0.0367. The van der Waals surface area contributed by atoms with E-state index in [2.05, 4.69) is 68.6 Å². The van der Waals surface area contributed by atoms with Gasteiger partial charge in [0.05, 0.1) is 22.7 Å². The van der Waals surface area contributed by atoms with E-state index in [0.717, 1.165) is 21.2 Å². The minimum atomic E-state index is -0.381. The van der Waals surface area contributed by atoms with Crippen molar-refractivity contribution < 1.29 is 4.92 Å². The Balaban J connectivity index is 1.29. The van der Waals surface area contributed by atoms with E-state index in [1.165, 1.54) is 49.8 Å². The molecule has 7 nitrogen and oxygen atoms in total. The highest BCUT2D eigenvalue weighted by atomic mass is 32.2. The van der Waals surface area contributed by atoms with Crippen LogP contribution in [0.15, 0.2) is 101 Å². The number of nitrogens with one attached hydrogen (secondary N) is 1. The molecule has 0 radical (unpaired) electrons. The fraction of sp³-hybridized carbons (Fsp3) is 0.267. The van der Waals surface area contributed by atoms with Gasteiger partial charge in [0.15, 0.2) is 5.11 Å². The lowest BCUT2D eigenvalue weighted by atomic mass is 9.95. The van der Waals surface area contributed by atoms with E-state index in [-0.39, 0.29) is 22.7 Å². The van der Waals surface area contributed by atoms with Crippen LogP contribution in [0.2, 0.25) is 0 Å². The maximum atomic E-state index is 11.0. The van der Waals surface area contributed by atoms with Gasteiger partial charge in [0, 0.05) is 52.2 Å². The minimum Gasteiger partial charge on any atom is -0.351 e. The summed E-state index contributed by atoms with van der Waals surface area (Å²) in [6.45, 7) is 0. The standard InChI is InChI=1S/C30H29N5O2S2/c36-35(37)24-11-15-26(16-12-24)39-25-13-9-23(10-14-25)34-29(28(32-30(34)38)27-8-4-5-18-31-27)21-17-19-33(20-21)22-6-2-1-3-7-22/h4-5,8-20,22,28-29H,1-3,6-7H2,(H,32,38)/t28-,29-/m0/s1. The summed E-state index contributed by atoms with van der Waals surface area (Å²) in [6.07, 6.45) is 12.7. The van der Waals surface area contributed by atoms with E-state index in [4.69, 9.17) is 12.2 Å². The molecule has 2 aliphatic rings. The summed E-state index contributed by atoms with van der Waals surface area (Å²) in [5, 5.41) is 15.2. The highest BCUT2D eigenvalue weighted by Gasteiger charge is 2.41.